The van der Waals surface area contributed by atoms with Gasteiger partial charge in [-0.05, 0) is 45.4 Å². The highest BCUT2D eigenvalue weighted by molar-refractivity contribution is 14.0. The molecule has 27 heavy (non-hydrogen) atoms. The molecule has 4 aliphatic rings. The third kappa shape index (κ3) is 4.56. The van der Waals surface area contributed by atoms with Crippen molar-refractivity contribution < 1.29 is 14.2 Å². The molecular formula is C20H36IN3O3. The van der Waals surface area contributed by atoms with Gasteiger partial charge >= 0.3 is 0 Å². The number of guanidine groups is 1. The molecule has 2 heterocycles. The van der Waals surface area contributed by atoms with Crippen molar-refractivity contribution in [3.05, 3.63) is 0 Å². The zero-order valence-electron chi connectivity index (χ0n) is 16.6. The summed E-state index contributed by atoms with van der Waals surface area (Å²) in [5.74, 6) is 1.64. The zero-order chi connectivity index (χ0) is 17.8. The van der Waals surface area contributed by atoms with E-state index in [1.54, 1.807) is 0 Å². The highest BCUT2D eigenvalue weighted by Gasteiger charge is 2.66. The average Bonchev–Trinajstić information content (AvgIpc) is 3.25. The zero-order valence-corrected chi connectivity index (χ0v) is 18.9. The number of hydrogen-bond donors (Lipinski definition) is 2. The lowest BCUT2D eigenvalue weighted by atomic mass is 9.46. The van der Waals surface area contributed by atoms with Crippen molar-refractivity contribution in [2.75, 3.05) is 39.5 Å². The number of rotatable bonds is 8. The smallest absolute Gasteiger partial charge is 0.191 e. The van der Waals surface area contributed by atoms with Gasteiger partial charge in [-0.1, -0.05) is 6.42 Å². The van der Waals surface area contributed by atoms with Crippen molar-refractivity contribution in [1.82, 2.24) is 10.6 Å². The van der Waals surface area contributed by atoms with Crippen LogP contribution < -0.4 is 10.6 Å². The van der Waals surface area contributed by atoms with Crippen LogP contribution in [0, 0.1) is 11.3 Å². The number of halogens is 1. The molecule has 4 fully saturated rings. The standard InChI is InChI=1S/C20H35N3O3.HI/c1-2-21-19(22-10-5-11-24-14-15-6-3-12-25-15)23-17-16-7-13-26-18(16)20(17)8-4-9-20;/h15-18H,2-14H2,1H3,(H2,21,22,23);1H. The summed E-state index contributed by atoms with van der Waals surface area (Å²) in [5.41, 5.74) is 0.391. The molecule has 0 radical (unpaired) electrons. The summed E-state index contributed by atoms with van der Waals surface area (Å²) in [5, 5.41) is 7.17. The monoisotopic (exact) mass is 493 g/mol. The first-order valence-corrected chi connectivity index (χ1v) is 10.7. The van der Waals surface area contributed by atoms with Gasteiger partial charge in [0.05, 0.1) is 18.8 Å². The Morgan fingerprint density at radius 3 is 2.78 bits per heavy atom. The van der Waals surface area contributed by atoms with Crippen molar-refractivity contribution in [3.63, 3.8) is 0 Å². The predicted octanol–water partition coefficient (Wildman–Crippen LogP) is 2.70. The first-order valence-electron chi connectivity index (χ1n) is 10.7. The van der Waals surface area contributed by atoms with Crippen LogP contribution in [0.4, 0.5) is 0 Å². The number of ether oxygens (including phenoxy) is 3. The molecular weight excluding hydrogens is 457 g/mol. The normalized spacial score (nSPS) is 33.7. The van der Waals surface area contributed by atoms with E-state index in [0.29, 0.717) is 29.6 Å². The molecule has 0 aromatic carbocycles. The van der Waals surface area contributed by atoms with Crippen LogP contribution in [-0.2, 0) is 14.2 Å². The number of aliphatic imine (C=N–C) groups is 1. The van der Waals surface area contributed by atoms with E-state index in [1.165, 1.54) is 32.1 Å². The fourth-order valence-electron chi connectivity index (χ4n) is 5.27. The Hall–Kier alpha value is -0.120. The number of fused-ring (bicyclic) bond motifs is 2. The van der Waals surface area contributed by atoms with Gasteiger partial charge in [0.25, 0.3) is 0 Å². The van der Waals surface area contributed by atoms with Crippen LogP contribution in [0.25, 0.3) is 0 Å². The summed E-state index contributed by atoms with van der Waals surface area (Å²) >= 11 is 0. The molecule has 7 heteroatoms. The molecule has 2 saturated carbocycles. The van der Waals surface area contributed by atoms with Crippen LogP contribution in [0.5, 0.6) is 0 Å². The third-order valence-electron chi connectivity index (χ3n) is 6.72. The molecule has 0 bridgehead atoms. The molecule has 2 aliphatic heterocycles. The summed E-state index contributed by atoms with van der Waals surface area (Å²) in [7, 11) is 0. The Kier molecular flexibility index (Phi) is 8.05. The SMILES string of the molecule is CCNC(=NCCCOCC1CCCO1)NC1C2CCOC2C12CCC2.I. The Balaban J connectivity index is 0.00000210. The Bertz CT molecular complexity index is 495. The minimum absolute atomic E-state index is 0. The van der Waals surface area contributed by atoms with E-state index in [1.807, 2.05) is 0 Å². The van der Waals surface area contributed by atoms with Crippen molar-refractivity contribution in [2.45, 2.75) is 70.1 Å². The molecule has 2 aliphatic carbocycles. The van der Waals surface area contributed by atoms with E-state index in [9.17, 15) is 0 Å². The summed E-state index contributed by atoms with van der Waals surface area (Å²) in [6, 6.07) is 0.539. The van der Waals surface area contributed by atoms with Crippen LogP contribution in [0.2, 0.25) is 0 Å². The summed E-state index contributed by atoms with van der Waals surface area (Å²) in [6.45, 7) is 7.14. The maximum absolute atomic E-state index is 6.02. The number of nitrogens with one attached hydrogen (secondary N) is 2. The van der Waals surface area contributed by atoms with Crippen LogP contribution >= 0.6 is 24.0 Å². The van der Waals surface area contributed by atoms with Gasteiger partial charge in [0, 0.05) is 50.3 Å². The van der Waals surface area contributed by atoms with E-state index in [4.69, 9.17) is 19.2 Å². The van der Waals surface area contributed by atoms with Gasteiger partial charge in [-0.2, -0.15) is 0 Å². The maximum Gasteiger partial charge on any atom is 0.191 e. The Morgan fingerprint density at radius 1 is 1.19 bits per heavy atom. The molecule has 0 amide bonds. The van der Waals surface area contributed by atoms with Crippen molar-refractivity contribution >= 4 is 29.9 Å². The van der Waals surface area contributed by atoms with Gasteiger partial charge in [-0.15, -0.1) is 24.0 Å². The molecule has 6 nitrogen and oxygen atoms in total. The molecule has 4 unspecified atom stereocenters. The van der Waals surface area contributed by atoms with Crippen molar-refractivity contribution in [3.8, 4) is 0 Å². The molecule has 0 aromatic heterocycles. The van der Waals surface area contributed by atoms with Crippen LogP contribution in [-0.4, -0.2) is 63.7 Å². The molecule has 2 saturated heterocycles. The van der Waals surface area contributed by atoms with Gasteiger partial charge < -0.3 is 24.8 Å². The first-order chi connectivity index (χ1) is 12.8. The number of hydrogen-bond acceptors (Lipinski definition) is 4. The Labute approximate surface area is 180 Å². The summed E-state index contributed by atoms with van der Waals surface area (Å²) < 4.78 is 17.3. The van der Waals surface area contributed by atoms with Gasteiger partial charge in [0.1, 0.15) is 0 Å². The van der Waals surface area contributed by atoms with Crippen LogP contribution in [0.1, 0.15) is 51.9 Å². The fraction of sp³-hybridized carbons (Fsp3) is 0.950. The third-order valence-corrected chi connectivity index (χ3v) is 6.72. The predicted molar refractivity (Wildman–Crippen MR) is 117 cm³/mol. The van der Waals surface area contributed by atoms with Gasteiger partial charge in [0.2, 0.25) is 0 Å². The molecule has 156 valence electrons. The lowest BCUT2D eigenvalue weighted by Crippen LogP contribution is -2.72. The second-order valence-electron chi connectivity index (χ2n) is 8.28. The lowest BCUT2D eigenvalue weighted by Gasteiger charge is -2.63. The molecule has 1 spiro atoms. The highest BCUT2D eigenvalue weighted by Crippen LogP contribution is 2.62. The van der Waals surface area contributed by atoms with E-state index in [2.05, 4.69) is 17.6 Å². The Morgan fingerprint density at radius 2 is 2.07 bits per heavy atom. The summed E-state index contributed by atoms with van der Waals surface area (Å²) in [4.78, 5) is 4.79. The minimum atomic E-state index is 0. The quantitative estimate of drug-likeness (QED) is 0.236. The molecule has 0 aromatic rings. The molecule has 2 N–H and O–H groups in total. The van der Waals surface area contributed by atoms with Gasteiger partial charge in [0.15, 0.2) is 5.96 Å². The van der Waals surface area contributed by atoms with Crippen molar-refractivity contribution in [2.24, 2.45) is 16.3 Å². The van der Waals surface area contributed by atoms with E-state index < -0.39 is 0 Å². The lowest BCUT2D eigenvalue weighted by molar-refractivity contribution is -0.171. The first kappa shape index (κ1) is 21.6. The minimum Gasteiger partial charge on any atom is -0.379 e. The second kappa shape index (κ2) is 10.1. The maximum atomic E-state index is 6.02. The largest absolute Gasteiger partial charge is 0.379 e. The molecule has 4 rings (SSSR count). The highest BCUT2D eigenvalue weighted by atomic mass is 127. The topological polar surface area (TPSA) is 64.1 Å². The van der Waals surface area contributed by atoms with Gasteiger partial charge in [-0.3, -0.25) is 4.99 Å². The second-order valence-corrected chi connectivity index (χ2v) is 8.28. The van der Waals surface area contributed by atoms with Crippen LogP contribution in [0.15, 0.2) is 4.99 Å². The fourth-order valence-corrected chi connectivity index (χ4v) is 5.27. The van der Waals surface area contributed by atoms with Crippen molar-refractivity contribution in [1.29, 1.82) is 0 Å². The van der Waals surface area contributed by atoms with Gasteiger partial charge in [-0.25, -0.2) is 0 Å². The average molecular weight is 493 g/mol. The van der Waals surface area contributed by atoms with E-state index in [0.717, 1.165) is 58.3 Å². The molecule has 4 atom stereocenters. The van der Waals surface area contributed by atoms with E-state index in [-0.39, 0.29) is 24.0 Å². The summed E-state index contributed by atoms with van der Waals surface area (Å²) in [6.07, 6.45) is 9.24. The van der Waals surface area contributed by atoms with Crippen LogP contribution in [0.3, 0.4) is 0 Å². The number of nitrogens with zero attached hydrogens (tertiary/aromatic N) is 1. The van der Waals surface area contributed by atoms with E-state index >= 15 is 0 Å².